The van der Waals surface area contributed by atoms with E-state index >= 15 is 0 Å². The number of allylic oxidation sites excluding steroid dienone is 1. The minimum atomic E-state index is -1.84. The molecule has 97 heavy (non-hydrogen) atoms. The average molecular weight is 1330 g/mol. The number of nitrogens with two attached hydrogens (primary N) is 1. The number of fused-ring (bicyclic) bond motifs is 7. The second kappa shape index (κ2) is 30.5. The second-order valence-corrected chi connectivity index (χ2v) is 27.6. The highest BCUT2D eigenvalue weighted by Gasteiger charge is 2.53. The summed E-state index contributed by atoms with van der Waals surface area (Å²) < 4.78 is 6.71. The summed E-state index contributed by atoms with van der Waals surface area (Å²) in [6, 6.07) is 23.9. The summed E-state index contributed by atoms with van der Waals surface area (Å²) in [5, 5.41) is 47.9. The van der Waals surface area contributed by atoms with Gasteiger partial charge in [-0.3, -0.25) is 49.1 Å². The Kier molecular flexibility index (Phi) is 22.6. The molecular weight excluding hydrogens is 1240 g/mol. The van der Waals surface area contributed by atoms with Crippen molar-refractivity contribution in [2.24, 2.45) is 28.9 Å². The number of para-hydroxylation sites is 1. The molecule has 10 N–H and O–H groups in total. The molecule has 11 rings (SSSR count). The number of esters is 1. The zero-order valence-corrected chi connectivity index (χ0v) is 56.5. The molecule has 24 heteroatoms. The van der Waals surface area contributed by atoms with Crippen LogP contribution in [0.25, 0.3) is 33.2 Å². The van der Waals surface area contributed by atoms with Crippen LogP contribution in [0.4, 0.5) is 4.79 Å². The van der Waals surface area contributed by atoms with Crippen LogP contribution in [0.5, 0.6) is 5.75 Å². The fourth-order valence-corrected chi connectivity index (χ4v) is 14.2. The molecule has 1 aliphatic carbocycles. The van der Waals surface area contributed by atoms with Gasteiger partial charge in [-0.15, -0.1) is 6.58 Å². The van der Waals surface area contributed by atoms with Gasteiger partial charge in [0.25, 0.3) is 11.5 Å². The van der Waals surface area contributed by atoms with Crippen molar-refractivity contribution in [3.05, 3.63) is 148 Å². The van der Waals surface area contributed by atoms with E-state index in [1.807, 2.05) is 108 Å². The molecule has 1 saturated carbocycles. The van der Waals surface area contributed by atoms with Gasteiger partial charge in [-0.25, -0.2) is 19.6 Å². The normalized spacial score (nSPS) is 20.6. The maximum absolute atomic E-state index is 13.8. The minimum Gasteiger partial charge on any atom is -0.508 e. The SMILES string of the molecule is C=CCC1(C(C)CCC)C(=O)NC(=O)NC1=O.CC(C)(C)NC(=O)[C@@H]1C[C@@H]2CCCC[C@@H]2CN1C[C@@H](O)[C@H](Cc1ccccc1)NC(=O)[C@H](CC(N)=O)NC(=O)c1ccc2ccccc2n1.CC[C@@]1(O)C(=O)OCc2c1cc1n(c2=O)Cc2cc3c(CN(C)C)c(O)ccc3nc2-1. The summed E-state index contributed by atoms with van der Waals surface area (Å²) in [4.78, 5) is 127. The molecular formula is C73H91N11O13. The number of β-amino-alcohol motifs (C(OH)–C–C–N with tert-alkyl or cyclic N) is 1. The quantitative estimate of drug-likeness (QED) is 0.0230. The maximum Gasteiger partial charge on any atom is 0.343 e. The third kappa shape index (κ3) is 16.1. The summed E-state index contributed by atoms with van der Waals surface area (Å²) in [6.07, 6.45) is 7.52. The number of nitrogens with zero attached hydrogens (tertiary/aromatic N) is 5. The molecule has 1 unspecified atom stereocenters. The lowest BCUT2D eigenvalue weighted by molar-refractivity contribution is -0.172. The van der Waals surface area contributed by atoms with Crippen LogP contribution in [0.2, 0.25) is 0 Å². The van der Waals surface area contributed by atoms with Gasteiger partial charge in [0.15, 0.2) is 5.60 Å². The van der Waals surface area contributed by atoms with E-state index in [0.29, 0.717) is 65.0 Å². The lowest BCUT2D eigenvalue weighted by Gasteiger charge is -2.47. The van der Waals surface area contributed by atoms with Crippen molar-refractivity contribution in [3.8, 4) is 17.1 Å². The van der Waals surface area contributed by atoms with Crippen molar-refractivity contribution in [1.29, 1.82) is 0 Å². The number of urea groups is 1. The van der Waals surface area contributed by atoms with E-state index < -0.39 is 88.7 Å². The first-order valence-electron chi connectivity index (χ1n) is 33.4. The number of hydrogen-bond donors (Lipinski definition) is 9. The Morgan fingerprint density at radius 2 is 1.59 bits per heavy atom. The molecule has 3 fully saturated rings. The number of phenols is 1. The Morgan fingerprint density at radius 1 is 0.897 bits per heavy atom. The van der Waals surface area contributed by atoms with Crippen LogP contribution in [0.3, 0.4) is 0 Å². The van der Waals surface area contributed by atoms with Crippen molar-refractivity contribution in [3.63, 3.8) is 0 Å². The number of cyclic esters (lactones) is 1. The minimum absolute atomic E-state index is 0.0566. The first-order chi connectivity index (χ1) is 46.1. The number of benzene rings is 3. The molecule has 0 radical (unpaired) electrons. The topological polar surface area (TPSA) is 347 Å². The number of hydrogen-bond acceptors (Lipinski definition) is 17. The molecule has 5 aliphatic rings. The average Bonchev–Trinajstić information content (AvgIpc) is 1.67. The van der Waals surface area contributed by atoms with E-state index in [1.54, 1.807) is 54.0 Å². The fourth-order valence-electron chi connectivity index (χ4n) is 14.2. The molecule has 6 aromatic rings. The number of aromatic nitrogens is 3. The molecule has 8 atom stereocenters. The van der Waals surface area contributed by atoms with E-state index in [-0.39, 0.29) is 61.2 Å². The van der Waals surface area contributed by atoms with Gasteiger partial charge >= 0.3 is 12.0 Å². The van der Waals surface area contributed by atoms with Crippen molar-refractivity contribution < 1.29 is 58.4 Å². The van der Waals surface area contributed by atoms with Crippen LogP contribution < -0.4 is 37.9 Å². The predicted octanol–water partition coefficient (Wildman–Crippen LogP) is 6.29. The largest absolute Gasteiger partial charge is 0.508 e. The molecule has 3 aromatic heterocycles. The van der Waals surface area contributed by atoms with Gasteiger partial charge in [0.1, 0.15) is 29.5 Å². The summed E-state index contributed by atoms with van der Waals surface area (Å²) in [6.45, 7) is 16.6. The zero-order chi connectivity index (χ0) is 70.3. The summed E-state index contributed by atoms with van der Waals surface area (Å²) in [7, 11) is 3.86. The van der Waals surface area contributed by atoms with Gasteiger partial charge in [-0.05, 0) is 133 Å². The number of carbonyl (C=O) groups is 8. The Bertz CT molecular complexity index is 4040. The van der Waals surface area contributed by atoms with Crippen LogP contribution >= 0.6 is 0 Å². The Morgan fingerprint density at radius 3 is 2.25 bits per heavy atom. The number of piperidine rings is 1. The van der Waals surface area contributed by atoms with Crippen molar-refractivity contribution >= 4 is 69.2 Å². The van der Waals surface area contributed by atoms with Crippen molar-refractivity contribution in [1.82, 2.24) is 50.9 Å². The number of amides is 8. The summed E-state index contributed by atoms with van der Waals surface area (Å²) in [5.74, 6) is -2.91. The molecule has 3 aromatic carbocycles. The molecule has 8 amide bonds. The molecule has 4 aliphatic heterocycles. The van der Waals surface area contributed by atoms with E-state index in [0.717, 1.165) is 66.0 Å². The number of pyridine rings is 3. The van der Waals surface area contributed by atoms with E-state index in [2.05, 4.69) is 43.0 Å². The number of aromatic hydroxyl groups is 1. The van der Waals surface area contributed by atoms with Crippen LogP contribution in [0, 0.1) is 23.2 Å². The van der Waals surface area contributed by atoms with Gasteiger partial charge in [-0.2, -0.15) is 0 Å². The third-order valence-electron chi connectivity index (χ3n) is 19.2. The van der Waals surface area contributed by atoms with E-state index in [9.17, 15) is 58.5 Å². The summed E-state index contributed by atoms with van der Waals surface area (Å²) in [5.41, 5.74) is 7.53. The number of carbonyl (C=O) groups excluding carboxylic acids is 8. The smallest absolute Gasteiger partial charge is 0.343 e. The van der Waals surface area contributed by atoms with Gasteiger partial charge in [-0.1, -0.05) is 107 Å². The fraction of sp³-hybridized carbons (Fsp3) is 0.466. The van der Waals surface area contributed by atoms with Gasteiger partial charge < -0.3 is 51.2 Å². The molecule has 7 heterocycles. The lowest BCUT2D eigenvalue weighted by Crippen LogP contribution is -2.64. The second-order valence-electron chi connectivity index (χ2n) is 27.6. The number of primary amides is 1. The monoisotopic (exact) mass is 1330 g/mol. The lowest BCUT2D eigenvalue weighted by atomic mass is 9.69. The van der Waals surface area contributed by atoms with Crippen molar-refractivity contribution in [2.45, 2.75) is 167 Å². The number of barbiturate groups is 1. The molecule has 0 bridgehead atoms. The Balaban J connectivity index is 0.000000194. The highest BCUT2D eigenvalue weighted by Crippen LogP contribution is 2.42. The Labute approximate surface area is 564 Å². The molecule has 0 spiro atoms. The number of likely N-dealkylation sites (tertiary alicyclic amines) is 1. The van der Waals surface area contributed by atoms with Gasteiger partial charge in [0.05, 0.1) is 59.1 Å². The molecule has 516 valence electrons. The number of aliphatic hydroxyl groups excluding tert-OH is 1. The summed E-state index contributed by atoms with van der Waals surface area (Å²) >= 11 is 0. The van der Waals surface area contributed by atoms with Crippen LogP contribution in [0.1, 0.15) is 144 Å². The number of imide groups is 2. The number of nitrogens with one attached hydrogen (secondary N) is 5. The van der Waals surface area contributed by atoms with Crippen molar-refractivity contribution in [2.75, 3.05) is 27.2 Å². The highest BCUT2D eigenvalue weighted by atomic mass is 16.6. The van der Waals surface area contributed by atoms with Crippen LogP contribution in [0.15, 0.2) is 108 Å². The molecule has 2 saturated heterocycles. The van der Waals surface area contributed by atoms with Crippen LogP contribution in [-0.2, 0) is 65.2 Å². The number of aliphatic hydroxyl groups is 2. The third-order valence-corrected chi connectivity index (χ3v) is 19.2. The zero-order valence-electron chi connectivity index (χ0n) is 56.5. The van der Waals surface area contributed by atoms with Gasteiger partial charge in [0, 0.05) is 52.6 Å². The molecule has 24 nitrogen and oxygen atoms in total. The van der Waals surface area contributed by atoms with E-state index in [4.69, 9.17) is 15.5 Å². The van der Waals surface area contributed by atoms with Gasteiger partial charge in [0.2, 0.25) is 29.5 Å². The standard InChI is InChI=1S/C38H50N6O5.C23H23N3O5.C12H18N2O3/c1-38(2,3)43-37(49)32-20-26-14-7-8-15-27(26)22-44(32)23-33(45)30(19-24-11-5-4-6-12-24)41-36(48)31(21-34(39)46)42-35(47)29-18-17-25-13-9-10-16-28(25)40-29;1-4-23(30)16-8-18-20-12(9-26(18)21(28)15(16)11-31-22(23)29)7-13-14(10-25(2)3)19(27)6-5-17(13)24-20;1-4-6-8(3)12(7-5-2)9(15)13-11(17)14-10(12)16/h4-6,9-13,16-18,26-27,30-33,45H,7-8,14-15,19-23H2,1-3H3,(H2,39,46)(H,41,48)(H,42,47)(H,43,49);5-8,27,30H,4,9-11H2,1-3H3;5,8H,2,4,6-7H2,1,3H3,(H2,13,14,15,16,17)/t26-,27+,30-,31-,32-,33+;23-;/m00./s1. The predicted molar refractivity (Wildman–Crippen MR) is 365 cm³/mol. The number of rotatable bonds is 20. The number of ether oxygens (including phenoxy) is 1. The van der Waals surface area contributed by atoms with Crippen LogP contribution in [-0.4, -0.2) is 144 Å². The first-order valence-corrected chi connectivity index (χ1v) is 33.4. The maximum atomic E-state index is 13.8. The highest BCUT2D eigenvalue weighted by molar-refractivity contribution is 6.19. The Hall–Kier alpha value is -9.23. The van der Waals surface area contributed by atoms with E-state index in [1.165, 1.54) is 6.42 Å². The number of phenolic OH excluding ortho intramolecular Hbond substituents is 1. The first kappa shape index (κ1) is 72.0.